The van der Waals surface area contributed by atoms with Crippen LogP contribution in [0.25, 0.3) is 0 Å². The quantitative estimate of drug-likeness (QED) is 0.634. The Balaban J connectivity index is 1.80. The molecule has 0 radical (unpaired) electrons. The molecule has 0 aromatic rings. The molecule has 0 aromatic heterocycles. The molecule has 0 bridgehead atoms. The molecule has 80 valence electrons. The van der Waals surface area contributed by atoms with Crippen molar-refractivity contribution < 1.29 is 4.74 Å². The molecule has 1 unspecified atom stereocenters. The average Bonchev–Trinajstić information content (AvgIpc) is 2.86. The van der Waals surface area contributed by atoms with Crippen molar-refractivity contribution in [2.75, 3.05) is 19.9 Å². The van der Waals surface area contributed by atoms with E-state index in [4.69, 9.17) is 10.5 Å². The number of hydrogen-bond donors (Lipinski definition) is 2. The molecule has 3 aliphatic heterocycles. The molecule has 1 atom stereocenters. The lowest BCUT2D eigenvalue weighted by Crippen LogP contribution is -2.27. The van der Waals surface area contributed by atoms with Gasteiger partial charge in [0.2, 0.25) is 0 Å². The van der Waals surface area contributed by atoms with E-state index in [2.05, 4.69) is 15.3 Å². The Morgan fingerprint density at radius 1 is 1.47 bits per heavy atom. The molecule has 1 fully saturated rings. The smallest absolute Gasteiger partial charge is 0.134 e. The first-order chi connectivity index (χ1) is 7.34. The van der Waals surface area contributed by atoms with E-state index >= 15 is 0 Å². The zero-order valence-electron chi connectivity index (χ0n) is 8.49. The van der Waals surface area contributed by atoms with E-state index in [1.165, 1.54) is 5.71 Å². The Kier molecular flexibility index (Phi) is 1.98. The highest BCUT2D eigenvalue weighted by Crippen LogP contribution is 2.27. The fourth-order valence-corrected chi connectivity index (χ4v) is 2.20. The lowest BCUT2D eigenvalue weighted by atomic mass is 9.98. The molecule has 1 saturated heterocycles. The fraction of sp³-hybridized carbons (Fsp3) is 0.600. The van der Waals surface area contributed by atoms with Crippen LogP contribution in [0.1, 0.15) is 12.8 Å². The fourth-order valence-electron chi connectivity index (χ4n) is 2.20. The molecule has 0 aromatic carbocycles. The van der Waals surface area contributed by atoms with Crippen molar-refractivity contribution >= 4 is 11.5 Å². The van der Waals surface area contributed by atoms with Gasteiger partial charge < -0.3 is 15.8 Å². The highest BCUT2D eigenvalue weighted by Gasteiger charge is 2.29. The molecule has 3 rings (SSSR count). The van der Waals surface area contributed by atoms with Crippen molar-refractivity contribution in [2.24, 2.45) is 21.6 Å². The van der Waals surface area contributed by atoms with Crippen LogP contribution in [-0.2, 0) is 4.74 Å². The normalized spacial score (nSPS) is 29.7. The first-order valence-corrected chi connectivity index (χ1v) is 5.27. The van der Waals surface area contributed by atoms with Crippen molar-refractivity contribution in [3.05, 3.63) is 11.4 Å². The second kappa shape index (κ2) is 3.34. The Morgan fingerprint density at radius 3 is 3.13 bits per heavy atom. The summed E-state index contributed by atoms with van der Waals surface area (Å²) in [4.78, 5) is 8.74. The largest absolute Gasteiger partial charge is 0.384 e. The zero-order valence-corrected chi connectivity index (χ0v) is 8.49. The topological polar surface area (TPSA) is 72.0 Å². The predicted octanol–water partition coefficient (Wildman–Crippen LogP) is -0.00290. The summed E-state index contributed by atoms with van der Waals surface area (Å²) in [6.45, 7) is 2.20. The van der Waals surface area contributed by atoms with Gasteiger partial charge >= 0.3 is 0 Å². The average molecular weight is 206 g/mol. The van der Waals surface area contributed by atoms with Gasteiger partial charge in [0.05, 0.1) is 6.61 Å². The van der Waals surface area contributed by atoms with Gasteiger partial charge in [0.15, 0.2) is 0 Å². The van der Waals surface area contributed by atoms with Gasteiger partial charge in [-0.25, -0.2) is 9.98 Å². The Morgan fingerprint density at radius 2 is 2.40 bits per heavy atom. The van der Waals surface area contributed by atoms with E-state index in [9.17, 15) is 0 Å². The summed E-state index contributed by atoms with van der Waals surface area (Å²) in [5.74, 6) is 2.04. The van der Waals surface area contributed by atoms with Crippen molar-refractivity contribution in [2.45, 2.75) is 12.8 Å². The van der Waals surface area contributed by atoms with Crippen LogP contribution in [0, 0.1) is 5.92 Å². The molecule has 3 aliphatic rings. The molecule has 0 spiro atoms. The summed E-state index contributed by atoms with van der Waals surface area (Å²) in [7, 11) is 0. The van der Waals surface area contributed by atoms with Gasteiger partial charge in [0.1, 0.15) is 18.3 Å². The number of nitrogens with zero attached hydrogens (tertiary/aromatic N) is 2. The molecule has 3 heterocycles. The van der Waals surface area contributed by atoms with Crippen molar-refractivity contribution in [1.29, 1.82) is 0 Å². The molecule has 15 heavy (non-hydrogen) atoms. The third-order valence-corrected chi connectivity index (χ3v) is 3.11. The Bertz CT molecular complexity index is 377. The van der Waals surface area contributed by atoms with E-state index in [0.717, 1.165) is 37.4 Å². The summed E-state index contributed by atoms with van der Waals surface area (Å²) < 4.78 is 5.37. The second-order valence-corrected chi connectivity index (χ2v) is 4.05. The third kappa shape index (κ3) is 1.43. The summed E-state index contributed by atoms with van der Waals surface area (Å²) in [5.41, 5.74) is 8.09. The Hall–Kier alpha value is -1.36. The van der Waals surface area contributed by atoms with Crippen LogP contribution in [-0.4, -0.2) is 31.4 Å². The minimum Gasteiger partial charge on any atom is -0.384 e. The van der Waals surface area contributed by atoms with Gasteiger partial charge in [-0.3, -0.25) is 0 Å². The maximum Gasteiger partial charge on any atom is 0.134 e. The van der Waals surface area contributed by atoms with Crippen molar-refractivity contribution in [1.82, 2.24) is 5.32 Å². The molecule has 0 saturated carbocycles. The molecule has 0 amide bonds. The molecule has 5 heteroatoms. The molecular weight excluding hydrogens is 192 g/mol. The lowest BCUT2D eigenvalue weighted by Gasteiger charge is -2.11. The van der Waals surface area contributed by atoms with E-state index in [-0.39, 0.29) is 0 Å². The Labute approximate surface area is 88.1 Å². The van der Waals surface area contributed by atoms with Gasteiger partial charge in [-0.15, -0.1) is 0 Å². The third-order valence-electron chi connectivity index (χ3n) is 3.11. The second-order valence-electron chi connectivity index (χ2n) is 4.05. The van der Waals surface area contributed by atoms with Crippen LogP contribution in [0.2, 0.25) is 0 Å². The first kappa shape index (κ1) is 8.91. The van der Waals surface area contributed by atoms with Crippen LogP contribution >= 0.6 is 0 Å². The van der Waals surface area contributed by atoms with Crippen LogP contribution in [0.5, 0.6) is 0 Å². The van der Waals surface area contributed by atoms with Gasteiger partial charge in [-0.1, -0.05) is 0 Å². The van der Waals surface area contributed by atoms with E-state index in [0.29, 0.717) is 18.4 Å². The van der Waals surface area contributed by atoms with Crippen LogP contribution in [0.4, 0.5) is 0 Å². The summed E-state index contributed by atoms with van der Waals surface area (Å²) in [5, 5.41) is 3.15. The number of nitrogens with two attached hydrogens (primary N) is 1. The van der Waals surface area contributed by atoms with Crippen LogP contribution < -0.4 is 11.1 Å². The maximum absolute atomic E-state index is 5.83. The minimum absolute atomic E-state index is 0.477. The molecule has 0 aliphatic carbocycles. The SMILES string of the molecule is NC1=NCNC2=C1CC(C1CCOC1)=N2. The van der Waals surface area contributed by atoms with E-state index in [1.54, 1.807) is 0 Å². The van der Waals surface area contributed by atoms with Gasteiger partial charge in [0, 0.05) is 30.2 Å². The van der Waals surface area contributed by atoms with Gasteiger partial charge in [-0.2, -0.15) is 0 Å². The number of nitrogens with one attached hydrogen (secondary N) is 1. The number of aliphatic imine (C=N–C) groups is 2. The highest BCUT2D eigenvalue weighted by atomic mass is 16.5. The van der Waals surface area contributed by atoms with Crippen LogP contribution in [0.3, 0.4) is 0 Å². The number of rotatable bonds is 1. The number of ether oxygens (including phenoxy) is 1. The van der Waals surface area contributed by atoms with Gasteiger partial charge in [0.25, 0.3) is 0 Å². The number of amidine groups is 1. The summed E-state index contributed by atoms with van der Waals surface area (Å²) >= 11 is 0. The zero-order chi connectivity index (χ0) is 10.3. The van der Waals surface area contributed by atoms with Crippen LogP contribution in [0.15, 0.2) is 21.4 Å². The molecule has 5 nitrogen and oxygen atoms in total. The van der Waals surface area contributed by atoms with Gasteiger partial charge in [-0.05, 0) is 6.42 Å². The summed E-state index contributed by atoms with van der Waals surface area (Å²) in [6.07, 6.45) is 1.92. The standard InChI is InChI=1S/C10H14N4O/c11-9-7-3-8(6-1-2-15-4-6)14-10(7)13-5-12-9/h6,13H,1-5H2,(H2,11,12). The first-order valence-electron chi connectivity index (χ1n) is 5.27. The monoisotopic (exact) mass is 206 g/mol. The minimum atomic E-state index is 0.477. The van der Waals surface area contributed by atoms with Crippen molar-refractivity contribution in [3.63, 3.8) is 0 Å². The summed E-state index contributed by atoms with van der Waals surface area (Å²) in [6, 6.07) is 0. The van der Waals surface area contributed by atoms with E-state index in [1.807, 2.05) is 0 Å². The maximum atomic E-state index is 5.83. The highest BCUT2D eigenvalue weighted by molar-refractivity contribution is 6.07. The van der Waals surface area contributed by atoms with Crippen molar-refractivity contribution in [3.8, 4) is 0 Å². The molecular formula is C10H14N4O. The predicted molar refractivity (Wildman–Crippen MR) is 57.6 cm³/mol. The number of hydrogen-bond acceptors (Lipinski definition) is 5. The van der Waals surface area contributed by atoms with E-state index < -0.39 is 0 Å². The lowest BCUT2D eigenvalue weighted by molar-refractivity contribution is 0.193. The molecule has 3 N–H and O–H groups in total.